The van der Waals surface area contributed by atoms with Crippen LogP contribution in [0.15, 0.2) is 48.8 Å². The molecule has 0 aliphatic heterocycles. The number of nitrogens with two attached hydrogens (primary N) is 1. The number of hydrogen-bond acceptors (Lipinski definition) is 3. The molecule has 0 amide bonds. The predicted octanol–water partition coefficient (Wildman–Crippen LogP) is 4.32. The minimum absolute atomic E-state index is 0.269. The average Bonchev–Trinajstić information content (AvgIpc) is 2.56. The van der Waals surface area contributed by atoms with Crippen molar-refractivity contribution in [1.82, 2.24) is 9.97 Å². The first-order valence-corrected chi connectivity index (χ1v) is 8.80. The lowest BCUT2D eigenvalue weighted by Gasteiger charge is -2.29. The van der Waals surface area contributed by atoms with Gasteiger partial charge in [0.1, 0.15) is 0 Å². The summed E-state index contributed by atoms with van der Waals surface area (Å²) < 4.78 is 0. The fraction of sp³-hybridized carbons (Fsp3) is 0.500. The molecule has 0 fully saturated rings. The maximum Gasteiger partial charge on any atom is 0.0422 e. The molecular weight excluding hydrogens is 282 g/mol. The fourth-order valence-corrected chi connectivity index (χ4v) is 3.05. The maximum absolute atomic E-state index is 6.80. The molecule has 0 saturated carbocycles. The van der Waals surface area contributed by atoms with Crippen molar-refractivity contribution in [1.29, 1.82) is 0 Å². The normalized spacial score (nSPS) is 11.6. The van der Waals surface area contributed by atoms with Crippen LogP contribution in [0.4, 0.5) is 0 Å². The van der Waals surface area contributed by atoms with Crippen molar-refractivity contribution in [3.8, 4) is 0 Å². The molecule has 2 aromatic heterocycles. The van der Waals surface area contributed by atoms with E-state index in [1.807, 2.05) is 36.7 Å². The van der Waals surface area contributed by atoms with Gasteiger partial charge in [-0.25, -0.2) is 0 Å². The van der Waals surface area contributed by atoms with E-state index in [0.717, 1.165) is 30.7 Å². The first kappa shape index (κ1) is 17.6. The third-order valence-corrected chi connectivity index (χ3v) is 4.30. The minimum atomic E-state index is -0.269. The molecule has 23 heavy (non-hydrogen) atoms. The Morgan fingerprint density at radius 1 is 0.826 bits per heavy atom. The quantitative estimate of drug-likeness (QED) is 0.665. The number of pyridine rings is 2. The van der Waals surface area contributed by atoms with Crippen molar-refractivity contribution in [3.63, 3.8) is 0 Å². The highest BCUT2D eigenvalue weighted by molar-refractivity contribution is 5.13. The van der Waals surface area contributed by atoms with Gasteiger partial charge in [-0.05, 0) is 30.7 Å². The molecular formula is C20H29N3. The lowest BCUT2D eigenvalue weighted by atomic mass is 9.83. The van der Waals surface area contributed by atoms with Crippen molar-refractivity contribution in [2.24, 2.45) is 5.73 Å². The molecule has 0 saturated heterocycles. The SMILES string of the molecule is CCCCCCCC(N)(Cc1ccccn1)Cc1ccccn1. The number of aromatic nitrogens is 2. The Bertz CT molecular complexity index is 498. The number of rotatable bonds is 10. The molecule has 2 N–H and O–H groups in total. The largest absolute Gasteiger partial charge is 0.324 e. The highest BCUT2D eigenvalue weighted by atomic mass is 14.8. The van der Waals surface area contributed by atoms with Crippen LogP contribution in [-0.2, 0) is 12.8 Å². The van der Waals surface area contributed by atoms with E-state index in [2.05, 4.69) is 29.0 Å². The highest BCUT2D eigenvalue weighted by Gasteiger charge is 2.26. The molecule has 124 valence electrons. The summed E-state index contributed by atoms with van der Waals surface area (Å²) >= 11 is 0. The van der Waals surface area contributed by atoms with E-state index in [1.165, 1.54) is 32.1 Å². The van der Waals surface area contributed by atoms with Crippen LogP contribution in [0.3, 0.4) is 0 Å². The lowest BCUT2D eigenvalue weighted by molar-refractivity contribution is 0.362. The molecule has 2 rings (SSSR count). The van der Waals surface area contributed by atoms with Crippen LogP contribution >= 0.6 is 0 Å². The molecule has 0 aliphatic rings. The molecule has 3 heteroatoms. The van der Waals surface area contributed by atoms with Crippen LogP contribution in [0.2, 0.25) is 0 Å². The third kappa shape index (κ3) is 6.49. The molecule has 0 atom stereocenters. The Labute approximate surface area is 140 Å². The van der Waals surface area contributed by atoms with E-state index in [4.69, 9.17) is 5.73 Å². The number of unbranched alkanes of at least 4 members (excludes halogenated alkanes) is 4. The van der Waals surface area contributed by atoms with Gasteiger partial charge in [0.05, 0.1) is 0 Å². The first-order chi connectivity index (χ1) is 11.2. The molecule has 0 spiro atoms. The maximum atomic E-state index is 6.80. The van der Waals surface area contributed by atoms with E-state index in [-0.39, 0.29) is 5.54 Å². The molecule has 0 aromatic carbocycles. The Morgan fingerprint density at radius 2 is 1.39 bits per heavy atom. The van der Waals surface area contributed by atoms with Crippen LogP contribution in [0.5, 0.6) is 0 Å². The predicted molar refractivity (Wildman–Crippen MR) is 96.2 cm³/mol. The summed E-state index contributed by atoms with van der Waals surface area (Å²) in [6.07, 6.45) is 12.6. The Hall–Kier alpha value is -1.74. The summed E-state index contributed by atoms with van der Waals surface area (Å²) in [6, 6.07) is 12.1. The molecule has 2 aromatic rings. The zero-order chi connectivity index (χ0) is 16.4. The standard InChI is InChI=1S/C20H29N3/c1-2-3-4-5-8-13-20(21,16-18-11-6-9-14-22-18)17-19-12-7-10-15-23-19/h6-7,9-12,14-15H,2-5,8,13,16-17,21H2,1H3. The first-order valence-electron chi connectivity index (χ1n) is 8.80. The van der Waals surface area contributed by atoms with Gasteiger partial charge in [-0.2, -0.15) is 0 Å². The lowest BCUT2D eigenvalue weighted by Crippen LogP contribution is -2.44. The topological polar surface area (TPSA) is 51.8 Å². The van der Waals surface area contributed by atoms with Crippen molar-refractivity contribution < 1.29 is 0 Å². The van der Waals surface area contributed by atoms with E-state index in [0.29, 0.717) is 0 Å². The highest BCUT2D eigenvalue weighted by Crippen LogP contribution is 2.22. The van der Waals surface area contributed by atoms with Gasteiger partial charge in [0.15, 0.2) is 0 Å². The molecule has 3 nitrogen and oxygen atoms in total. The Kier molecular flexibility index (Phi) is 7.21. The van der Waals surface area contributed by atoms with Gasteiger partial charge < -0.3 is 5.73 Å². The fourth-order valence-electron chi connectivity index (χ4n) is 3.05. The Balaban J connectivity index is 2.00. The van der Waals surface area contributed by atoms with Crippen molar-refractivity contribution in [2.75, 3.05) is 0 Å². The van der Waals surface area contributed by atoms with Crippen LogP contribution in [0, 0.1) is 0 Å². The van der Waals surface area contributed by atoms with Gasteiger partial charge in [-0.15, -0.1) is 0 Å². The second kappa shape index (κ2) is 9.41. The summed E-state index contributed by atoms with van der Waals surface area (Å²) in [4.78, 5) is 8.93. The van der Waals surface area contributed by atoms with E-state index < -0.39 is 0 Å². The molecule has 0 bridgehead atoms. The monoisotopic (exact) mass is 311 g/mol. The average molecular weight is 311 g/mol. The molecule has 0 aliphatic carbocycles. The third-order valence-electron chi connectivity index (χ3n) is 4.30. The van der Waals surface area contributed by atoms with Crippen molar-refractivity contribution >= 4 is 0 Å². The van der Waals surface area contributed by atoms with E-state index in [1.54, 1.807) is 0 Å². The Morgan fingerprint density at radius 3 is 1.87 bits per heavy atom. The zero-order valence-corrected chi connectivity index (χ0v) is 14.2. The van der Waals surface area contributed by atoms with Crippen LogP contribution in [-0.4, -0.2) is 15.5 Å². The zero-order valence-electron chi connectivity index (χ0n) is 14.2. The summed E-state index contributed by atoms with van der Waals surface area (Å²) in [5.74, 6) is 0. The van der Waals surface area contributed by atoms with Crippen molar-refractivity contribution in [2.45, 2.75) is 63.8 Å². The second-order valence-electron chi connectivity index (χ2n) is 6.52. The van der Waals surface area contributed by atoms with Gasteiger partial charge in [0.2, 0.25) is 0 Å². The summed E-state index contributed by atoms with van der Waals surface area (Å²) in [7, 11) is 0. The summed E-state index contributed by atoms with van der Waals surface area (Å²) in [6.45, 7) is 2.25. The van der Waals surface area contributed by atoms with Gasteiger partial charge in [-0.3, -0.25) is 9.97 Å². The van der Waals surface area contributed by atoms with Crippen LogP contribution < -0.4 is 5.73 Å². The van der Waals surface area contributed by atoms with Gasteiger partial charge >= 0.3 is 0 Å². The van der Waals surface area contributed by atoms with Gasteiger partial charge in [0, 0.05) is 42.2 Å². The van der Waals surface area contributed by atoms with Gasteiger partial charge in [-0.1, -0.05) is 51.2 Å². The molecule has 0 unspecified atom stereocenters. The smallest absolute Gasteiger partial charge is 0.0422 e. The van der Waals surface area contributed by atoms with E-state index in [9.17, 15) is 0 Å². The van der Waals surface area contributed by atoms with Crippen LogP contribution in [0.1, 0.15) is 56.8 Å². The number of nitrogens with zero attached hydrogens (tertiary/aromatic N) is 2. The summed E-state index contributed by atoms with van der Waals surface area (Å²) in [5.41, 5.74) is 8.67. The molecule has 2 heterocycles. The summed E-state index contributed by atoms with van der Waals surface area (Å²) in [5, 5.41) is 0. The van der Waals surface area contributed by atoms with Gasteiger partial charge in [0.25, 0.3) is 0 Å². The van der Waals surface area contributed by atoms with E-state index >= 15 is 0 Å². The van der Waals surface area contributed by atoms with Crippen molar-refractivity contribution in [3.05, 3.63) is 60.2 Å². The molecule has 0 radical (unpaired) electrons. The number of hydrogen-bond donors (Lipinski definition) is 1. The van der Waals surface area contributed by atoms with Crippen LogP contribution in [0.25, 0.3) is 0 Å². The second-order valence-corrected chi connectivity index (χ2v) is 6.52. The minimum Gasteiger partial charge on any atom is -0.324 e.